The number of fused-ring (bicyclic) bond motifs is 1. The van der Waals surface area contributed by atoms with Crippen molar-refractivity contribution in [2.24, 2.45) is 0 Å². The topological polar surface area (TPSA) is 98.6 Å². The number of nitrogens with one attached hydrogen (secondary N) is 2. The quantitative estimate of drug-likeness (QED) is 0.356. The van der Waals surface area contributed by atoms with E-state index in [0.717, 1.165) is 54.2 Å². The highest BCUT2D eigenvalue weighted by atomic mass is 32.2. The molecule has 0 spiro atoms. The molecular formula is C27H34N8O2S. The molecular weight excluding hydrogens is 500 g/mol. The standard InChI is InChI=1S/C27H34N8O2S/c1-32(2)24-7-5-6-21(25(24)33(3)38(4,36)37)19-35-15-12-20-18-29-27(31-26(20)35)30-22-8-10-23(11-9-22)34-16-13-28-14-17-34/h5-12,15,18,28H,13-14,16-17,19H2,1-4H3,(H,29,30,31). The van der Waals surface area contributed by atoms with Gasteiger partial charge in [0.2, 0.25) is 16.0 Å². The molecule has 0 atom stereocenters. The van der Waals surface area contributed by atoms with Crippen LogP contribution in [0.4, 0.5) is 28.7 Å². The Balaban J connectivity index is 1.42. The van der Waals surface area contributed by atoms with Crippen LogP contribution in [0.1, 0.15) is 5.56 Å². The van der Waals surface area contributed by atoms with E-state index in [0.29, 0.717) is 18.2 Å². The Morgan fingerprint density at radius 2 is 1.76 bits per heavy atom. The molecule has 10 nitrogen and oxygen atoms in total. The lowest BCUT2D eigenvalue weighted by atomic mass is 10.1. The highest BCUT2D eigenvalue weighted by molar-refractivity contribution is 7.92. The first-order chi connectivity index (χ1) is 18.2. The Morgan fingerprint density at radius 1 is 1.03 bits per heavy atom. The molecule has 2 N–H and O–H groups in total. The molecule has 5 rings (SSSR count). The Kier molecular flexibility index (Phi) is 7.13. The van der Waals surface area contributed by atoms with Crippen LogP contribution in [-0.4, -0.2) is 76.5 Å². The molecule has 3 heterocycles. The number of hydrogen-bond acceptors (Lipinski definition) is 8. The summed E-state index contributed by atoms with van der Waals surface area (Å²) in [7, 11) is 1.95. The number of aromatic nitrogens is 3. The van der Waals surface area contributed by atoms with Gasteiger partial charge in [-0.05, 0) is 42.0 Å². The number of para-hydroxylation sites is 1. The molecule has 0 amide bonds. The maximum atomic E-state index is 12.5. The van der Waals surface area contributed by atoms with Crippen molar-refractivity contribution in [1.29, 1.82) is 0 Å². The van der Waals surface area contributed by atoms with Crippen LogP contribution in [0.5, 0.6) is 0 Å². The van der Waals surface area contributed by atoms with Gasteiger partial charge in [-0.2, -0.15) is 4.98 Å². The molecule has 11 heteroatoms. The van der Waals surface area contributed by atoms with E-state index in [2.05, 4.69) is 32.7 Å². The zero-order valence-electron chi connectivity index (χ0n) is 22.2. The van der Waals surface area contributed by atoms with E-state index in [1.807, 2.05) is 66.2 Å². The van der Waals surface area contributed by atoms with E-state index in [-0.39, 0.29) is 0 Å². The largest absolute Gasteiger partial charge is 0.376 e. The summed E-state index contributed by atoms with van der Waals surface area (Å²) in [6.45, 7) is 4.46. The summed E-state index contributed by atoms with van der Waals surface area (Å²) in [5.74, 6) is 0.503. The lowest BCUT2D eigenvalue weighted by molar-refractivity contribution is 0.589. The lowest BCUT2D eigenvalue weighted by Crippen LogP contribution is -2.43. The Labute approximate surface area is 224 Å². The summed E-state index contributed by atoms with van der Waals surface area (Å²) in [6, 6.07) is 16.1. The number of nitrogens with zero attached hydrogens (tertiary/aromatic N) is 6. The second-order valence-corrected chi connectivity index (χ2v) is 11.7. The molecule has 0 aliphatic carbocycles. The number of hydrogen-bond donors (Lipinski definition) is 2. The summed E-state index contributed by atoms with van der Waals surface area (Å²) in [5.41, 5.74) is 5.24. The Bertz CT molecular complexity index is 1530. The van der Waals surface area contributed by atoms with Gasteiger partial charge in [-0.3, -0.25) is 4.31 Å². The third kappa shape index (κ3) is 5.39. The molecule has 1 aliphatic heterocycles. The van der Waals surface area contributed by atoms with Gasteiger partial charge in [-0.25, -0.2) is 13.4 Å². The van der Waals surface area contributed by atoms with Gasteiger partial charge >= 0.3 is 0 Å². The van der Waals surface area contributed by atoms with Gasteiger partial charge in [-0.1, -0.05) is 12.1 Å². The van der Waals surface area contributed by atoms with Crippen LogP contribution in [0, 0.1) is 0 Å². The smallest absolute Gasteiger partial charge is 0.232 e. The fourth-order valence-electron chi connectivity index (χ4n) is 4.75. The van der Waals surface area contributed by atoms with Crippen LogP contribution in [0.25, 0.3) is 11.0 Å². The maximum absolute atomic E-state index is 12.5. The predicted molar refractivity (Wildman–Crippen MR) is 155 cm³/mol. The molecule has 2 aromatic heterocycles. The third-order valence-electron chi connectivity index (χ3n) is 6.84. The first-order valence-electron chi connectivity index (χ1n) is 12.6. The fraction of sp³-hybridized carbons (Fsp3) is 0.333. The number of anilines is 5. The second kappa shape index (κ2) is 10.5. The van der Waals surface area contributed by atoms with Crippen LogP contribution < -0.4 is 24.7 Å². The molecule has 1 aliphatic rings. The summed E-state index contributed by atoms with van der Waals surface area (Å²) < 4.78 is 28.3. The minimum Gasteiger partial charge on any atom is -0.376 e. The summed E-state index contributed by atoms with van der Waals surface area (Å²) in [6.07, 6.45) is 4.98. The normalized spacial score (nSPS) is 14.1. The van der Waals surface area contributed by atoms with Gasteiger partial charge < -0.3 is 25.0 Å². The van der Waals surface area contributed by atoms with Gasteiger partial charge in [0.25, 0.3) is 0 Å². The van der Waals surface area contributed by atoms with Crippen molar-refractivity contribution in [3.05, 3.63) is 66.5 Å². The third-order valence-corrected chi connectivity index (χ3v) is 8.02. The van der Waals surface area contributed by atoms with Gasteiger partial charge in [0, 0.05) is 76.5 Å². The molecule has 200 valence electrons. The number of piperazine rings is 1. The van der Waals surface area contributed by atoms with Gasteiger partial charge in [-0.15, -0.1) is 0 Å². The molecule has 0 unspecified atom stereocenters. The van der Waals surface area contributed by atoms with Crippen molar-refractivity contribution in [2.45, 2.75) is 6.54 Å². The summed E-state index contributed by atoms with van der Waals surface area (Å²) in [5, 5.41) is 7.61. The zero-order valence-corrected chi connectivity index (χ0v) is 23.0. The van der Waals surface area contributed by atoms with Crippen LogP contribution >= 0.6 is 0 Å². The molecule has 4 aromatic rings. The van der Waals surface area contributed by atoms with E-state index < -0.39 is 10.0 Å². The molecule has 0 radical (unpaired) electrons. The van der Waals surface area contributed by atoms with Crippen molar-refractivity contribution in [1.82, 2.24) is 19.9 Å². The van der Waals surface area contributed by atoms with Crippen molar-refractivity contribution in [3.63, 3.8) is 0 Å². The van der Waals surface area contributed by atoms with E-state index >= 15 is 0 Å². The monoisotopic (exact) mass is 534 g/mol. The summed E-state index contributed by atoms with van der Waals surface area (Å²) in [4.78, 5) is 13.6. The SMILES string of the molecule is CN(C)c1cccc(Cn2ccc3cnc(Nc4ccc(N5CCNCC5)cc4)nc32)c1N(C)S(C)(=O)=O. The van der Waals surface area contributed by atoms with Crippen molar-refractivity contribution < 1.29 is 8.42 Å². The van der Waals surface area contributed by atoms with E-state index in [4.69, 9.17) is 4.98 Å². The zero-order chi connectivity index (χ0) is 26.9. The van der Waals surface area contributed by atoms with E-state index in [1.165, 1.54) is 16.2 Å². The molecule has 2 aromatic carbocycles. The first-order valence-corrected chi connectivity index (χ1v) is 14.4. The minimum absolute atomic E-state index is 0.455. The van der Waals surface area contributed by atoms with Gasteiger partial charge in [0.05, 0.1) is 24.2 Å². The van der Waals surface area contributed by atoms with Crippen molar-refractivity contribution >= 4 is 49.8 Å². The van der Waals surface area contributed by atoms with Gasteiger partial charge in [0.15, 0.2) is 0 Å². The van der Waals surface area contributed by atoms with Crippen LogP contribution in [0.15, 0.2) is 60.9 Å². The molecule has 1 saturated heterocycles. The number of rotatable bonds is 8. The molecule has 0 saturated carbocycles. The van der Waals surface area contributed by atoms with Crippen LogP contribution in [0.2, 0.25) is 0 Å². The van der Waals surface area contributed by atoms with Crippen LogP contribution in [0.3, 0.4) is 0 Å². The molecule has 0 bridgehead atoms. The average molecular weight is 535 g/mol. The first kappa shape index (κ1) is 25.8. The predicted octanol–water partition coefficient (Wildman–Crippen LogP) is 3.09. The number of benzene rings is 2. The minimum atomic E-state index is -3.45. The molecule has 1 fully saturated rings. The maximum Gasteiger partial charge on any atom is 0.232 e. The Hall–Kier alpha value is -3.83. The highest BCUT2D eigenvalue weighted by Crippen LogP contribution is 2.34. The summed E-state index contributed by atoms with van der Waals surface area (Å²) >= 11 is 0. The van der Waals surface area contributed by atoms with Crippen LogP contribution in [-0.2, 0) is 16.6 Å². The second-order valence-electron chi connectivity index (χ2n) is 9.73. The number of sulfonamides is 1. The van der Waals surface area contributed by atoms with Crippen molar-refractivity contribution in [2.75, 3.05) is 73.0 Å². The lowest BCUT2D eigenvalue weighted by Gasteiger charge is -2.29. The average Bonchev–Trinajstić information content (AvgIpc) is 3.30. The molecule has 38 heavy (non-hydrogen) atoms. The highest BCUT2D eigenvalue weighted by Gasteiger charge is 2.21. The van der Waals surface area contributed by atoms with Gasteiger partial charge in [0.1, 0.15) is 5.65 Å². The van der Waals surface area contributed by atoms with E-state index in [1.54, 1.807) is 13.2 Å². The van der Waals surface area contributed by atoms with Crippen molar-refractivity contribution in [3.8, 4) is 0 Å². The van der Waals surface area contributed by atoms with E-state index in [9.17, 15) is 8.42 Å². The fourth-order valence-corrected chi connectivity index (χ4v) is 5.29. The Morgan fingerprint density at radius 3 is 2.45 bits per heavy atom.